The summed E-state index contributed by atoms with van der Waals surface area (Å²) in [6.45, 7) is 4.32. The number of hydrogen-bond acceptors (Lipinski definition) is 6. The third kappa shape index (κ3) is 6.02. The van der Waals surface area contributed by atoms with E-state index in [-0.39, 0.29) is 0 Å². The molecule has 0 saturated carbocycles. The first kappa shape index (κ1) is 22.7. The number of rotatable bonds is 10. The van der Waals surface area contributed by atoms with Gasteiger partial charge in [0.05, 0.1) is 22.7 Å². The zero-order chi connectivity index (χ0) is 21.7. The highest BCUT2D eigenvalue weighted by Gasteiger charge is 2.28. The summed E-state index contributed by atoms with van der Waals surface area (Å²) in [5.74, 6) is 0. The maximum Gasteiger partial charge on any atom is 0.222 e. The standard InChI is InChI=1S/C24H36N5S/c1-26(2)13-7-15-28(5)19-9-11-21-23(17-19)30-24-18-20(10-12-22(24)25-21)29(6)16-8-14-27(3)4/h9-11,17-18,25H,7-8,13-16H2,1-6H3/q+1. The fourth-order valence-electron chi connectivity index (χ4n) is 3.56. The largest absolute Gasteiger partial charge is 0.375 e. The van der Waals surface area contributed by atoms with Gasteiger partial charge in [-0.25, -0.2) is 0 Å². The van der Waals surface area contributed by atoms with Gasteiger partial charge in [0.1, 0.15) is 11.8 Å². The number of nitrogens with zero attached hydrogens (tertiary/aromatic N) is 4. The zero-order valence-corrected chi connectivity index (χ0v) is 20.1. The van der Waals surface area contributed by atoms with E-state index in [0.717, 1.165) is 44.7 Å². The Labute approximate surface area is 187 Å². The Kier molecular flexibility index (Phi) is 7.84. The van der Waals surface area contributed by atoms with Gasteiger partial charge in [-0.1, -0.05) is 0 Å². The fraction of sp³-hybridized carbons (Fsp3) is 0.500. The number of anilines is 2. The first-order valence-corrected chi connectivity index (χ1v) is 11.5. The first-order valence-electron chi connectivity index (χ1n) is 10.7. The van der Waals surface area contributed by atoms with Gasteiger partial charge >= 0.3 is 0 Å². The molecule has 0 fully saturated rings. The quantitative estimate of drug-likeness (QED) is 0.569. The van der Waals surface area contributed by atoms with Gasteiger partial charge in [-0.05, 0) is 84.1 Å². The number of fused-ring (bicyclic) bond motifs is 1. The maximum atomic E-state index is 3.56. The lowest BCUT2D eigenvalue weighted by molar-refractivity contribution is 0.349. The summed E-state index contributed by atoms with van der Waals surface area (Å²) in [4.78, 5) is 11.7. The molecule has 30 heavy (non-hydrogen) atoms. The molecule has 1 aromatic carbocycles. The smallest absolute Gasteiger partial charge is 0.222 e. The molecular formula is C24H36N5S+. The minimum absolute atomic E-state index is 1.04. The van der Waals surface area contributed by atoms with E-state index in [9.17, 15) is 0 Å². The maximum absolute atomic E-state index is 3.56. The number of benzene rings is 1. The molecule has 0 unspecified atom stereocenters. The fourth-order valence-corrected chi connectivity index (χ4v) is 4.60. The molecule has 2 aliphatic rings. The minimum Gasteiger partial charge on any atom is -0.375 e. The Morgan fingerprint density at radius 3 is 2.20 bits per heavy atom. The van der Waals surface area contributed by atoms with E-state index in [2.05, 4.69) is 104 Å². The molecule has 1 aliphatic heterocycles. The Bertz CT molecular complexity index is 825. The van der Waals surface area contributed by atoms with Gasteiger partial charge in [-0.2, -0.15) is 0 Å². The molecule has 0 spiro atoms. The van der Waals surface area contributed by atoms with Crippen LogP contribution in [0.25, 0.3) is 0 Å². The van der Waals surface area contributed by atoms with Crippen molar-refractivity contribution in [3.63, 3.8) is 0 Å². The van der Waals surface area contributed by atoms with Gasteiger partial charge in [0.25, 0.3) is 0 Å². The summed E-state index contributed by atoms with van der Waals surface area (Å²) in [7, 11) is 12.9. The van der Waals surface area contributed by atoms with Gasteiger partial charge in [0.2, 0.25) is 5.70 Å². The number of hydrogen-bond donors (Lipinski definition) is 1. The molecule has 0 amide bonds. The molecule has 3 rings (SSSR count). The Balaban J connectivity index is 1.65. The van der Waals surface area contributed by atoms with E-state index in [1.54, 1.807) is 0 Å². The third-order valence-corrected chi connectivity index (χ3v) is 6.51. The van der Waals surface area contributed by atoms with Crippen molar-refractivity contribution in [1.29, 1.82) is 0 Å². The van der Waals surface area contributed by atoms with Gasteiger partial charge < -0.3 is 24.9 Å². The van der Waals surface area contributed by atoms with Crippen molar-refractivity contribution in [2.24, 2.45) is 0 Å². The van der Waals surface area contributed by atoms with Crippen molar-refractivity contribution < 1.29 is 0 Å². The van der Waals surface area contributed by atoms with Crippen LogP contribution in [-0.4, -0.2) is 83.2 Å². The monoisotopic (exact) mass is 426 g/mol. The average Bonchev–Trinajstić information content (AvgIpc) is 2.70. The Morgan fingerprint density at radius 1 is 0.867 bits per heavy atom. The van der Waals surface area contributed by atoms with Crippen LogP contribution < -0.4 is 10.2 Å². The number of nitrogens with one attached hydrogen (secondary N) is 1. The SMILES string of the molecule is CN(C)CCCN(C)C1=CC2=C([C+]=C1)Nc1ccc(N(C)CCCN(C)C)cc1S2. The van der Waals surface area contributed by atoms with Crippen molar-refractivity contribution in [2.45, 2.75) is 17.7 Å². The summed E-state index contributed by atoms with van der Waals surface area (Å²) in [6, 6.07) is 6.71. The lowest BCUT2D eigenvalue weighted by atomic mass is 10.1. The molecule has 1 aromatic rings. The van der Waals surface area contributed by atoms with Crippen LogP contribution in [0.3, 0.4) is 0 Å². The molecule has 1 heterocycles. The predicted octanol–water partition coefficient (Wildman–Crippen LogP) is 3.94. The lowest BCUT2D eigenvalue weighted by Crippen LogP contribution is -2.24. The van der Waals surface area contributed by atoms with E-state index in [0.29, 0.717) is 0 Å². The van der Waals surface area contributed by atoms with Crippen molar-refractivity contribution in [3.05, 3.63) is 52.7 Å². The van der Waals surface area contributed by atoms with Gasteiger partial charge in [-0.3, -0.25) is 0 Å². The van der Waals surface area contributed by atoms with Crippen LogP contribution in [0.2, 0.25) is 0 Å². The van der Waals surface area contributed by atoms with E-state index in [1.807, 2.05) is 11.8 Å². The summed E-state index contributed by atoms with van der Waals surface area (Å²) < 4.78 is 0. The van der Waals surface area contributed by atoms with Crippen LogP contribution >= 0.6 is 11.8 Å². The van der Waals surface area contributed by atoms with Gasteiger partial charge in [0.15, 0.2) is 4.91 Å². The predicted molar refractivity (Wildman–Crippen MR) is 131 cm³/mol. The summed E-state index contributed by atoms with van der Waals surface area (Å²) >= 11 is 1.84. The van der Waals surface area contributed by atoms with E-state index in [1.165, 1.54) is 26.9 Å². The molecule has 6 heteroatoms. The van der Waals surface area contributed by atoms with E-state index < -0.39 is 0 Å². The minimum atomic E-state index is 1.04. The van der Waals surface area contributed by atoms with Crippen LogP contribution in [0, 0.1) is 6.08 Å². The third-order valence-electron chi connectivity index (χ3n) is 5.41. The normalized spacial score (nSPS) is 14.9. The molecule has 5 nitrogen and oxygen atoms in total. The molecule has 0 bridgehead atoms. The second-order valence-corrected chi connectivity index (χ2v) is 9.75. The number of likely N-dealkylation sites (N-methyl/N-ethyl adjacent to an activating group) is 1. The second kappa shape index (κ2) is 10.4. The molecule has 0 saturated heterocycles. The molecule has 0 radical (unpaired) electrons. The Morgan fingerprint density at radius 2 is 1.53 bits per heavy atom. The van der Waals surface area contributed by atoms with Crippen molar-refractivity contribution in [1.82, 2.24) is 14.7 Å². The summed E-state index contributed by atoms with van der Waals surface area (Å²) in [6.07, 6.45) is 10.2. The molecule has 1 N–H and O–H groups in total. The zero-order valence-electron chi connectivity index (χ0n) is 19.3. The average molecular weight is 427 g/mol. The van der Waals surface area contributed by atoms with Crippen molar-refractivity contribution in [3.8, 4) is 0 Å². The summed E-state index contributed by atoms with van der Waals surface area (Å²) in [5, 5.41) is 3.56. The number of allylic oxidation sites excluding steroid dienone is 3. The Hall–Kier alpha value is -1.98. The van der Waals surface area contributed by atoms with Crippen LogP contribution in [0.4, 0.5) is 11.4 Å². The van der Waals surface area contributed by atoms with Crippen molar-refractivity contribution >= 4 is 23.1 Å². The summed E-state index contributed by atoms with van der Waals surface area (Å²) in [5.41, 5.74) is 4.74. The molecular weight excluding hydrogens is 390 g/mol. The molecule has 0 atom stereocenters. The lowest BCUT2D eigenvalue weighted by Gasteiger charge is -2.24. The van der Waals surface area contributed by atoms with E-state index >= 15 is 0 Å². The van der Waals surface area contributed by atoms with Crippen LogP contribution in [0.15, 0.2) is 51.5 Å². The molecule has 1 aliphatic carbocycles. The number of thioether (sulfide) groups is 1. The van der Waals surface area contributed by atoms with Crippen LogP contribution in [-0.2, 0) is 0 Å². The van der Waals surface area contributed by atoms with Gasteiger partial charge in [-0.15, -0.1) is 0 Å². The van der Waals surface area contributed by atoms with Crippen LogP contribution in [0.1, 0.15) is 12.8 Å². The molecule has 0 aromatic heterocycles. The first-order chi connectivity index (χ1) is 14.3. The highest BCUT2D eigenvalue weighted by molar-refractivity contribution is 8.03. The van der Waals surface area contributed by atoms with Gasteiger partial charge in [0, 0.05) is 32.9 Å². The van der Waals surface area contributed by atoms with Crippen molar-refractivity contribution in [2.75, 3.05) is 78.7 Å². The highest BCUT2D eigenvalue weighted by Crippen LogP contribution is 2.43. The highest BCUT2D eigenvalue weighted by atomic mass is 32.2. The second-order valence-electron chi connectivity index (χ2n) is 8.66. The van der Waals surface area contributed by atoms with E-state index in [4.69, 9.17) is 0 Å². The topological polar surface area (TPSA) is 25.0 Å². The molecule has 162 valence electrons. The van der Waals surface area contributed by atoms with Crippen LogP contribution in [0.5, 0.6) is 0 Å².